The van der Waals surface area contributed by atoms with Gasteiger partial charge >= 0.3 is 0 Å². The van der Waals surface area contributed by atoms with Crippen LogP contribution < -0.4 is 5.32 Å². The van der Waals surface area contributed by atoms with Crippen LogP contribution in [0.3, 0.4) is 0 Å². The third-order valence-electron chi connectivity index (χ3n) is 2.91. The summed E-state index contributed by atoms with van der Waals surface area (Å²) in [4.78, 5) is 1.30. The minimum absolute atomic E-state index is 0.104. The van der Waals surface area contributed by atoms with E-state index in [-0.39, 0.29) is 6.04 Å². The number of thiophene rings is 1. The average molecular weight is 300 g/mol. The smallest absolute Gasteiger partial charge is 0.0643 e. The summed E-state index contributed by atoms with van der Waals surface area (Å²) in [5.41, 5.74) is 2.30. The molecule has 18 heavy (non-hydrogen) atoms. The quantitative estimate of drug-likeness (QED) is 0.832. The molecule has 0 aliphatic heterocycles. The van der Waals surface area contributed by atoms with E-state index in [9.17, 15) is 0 Å². The zero-order chi connectivity index (χ0) is 13.1. The summed E-state index contributed by atoms with van der Waals surface area (Å²) in [5.74, 6) is 0. The molecule has 0 saturated heterocycles. The molecular formula is C14H15Cl2NS. The van der Waals surface area contributed by atoms with Crippen molar-refractivity contribution in [1.82, 2.24) is 5.32 Å². The van der Waals surface area contributed by atoms with Crippen molar-refractivity contribution in [3.8, 4) is 0 Å². The van der Waals surface area contributed by atoms with Gasteiger partial charge < -0.3 is 5.32 Å². The predicted molar refractivity (Wildman–Crippen MR) is 81.0 cm³/mol. The molecule has 0 aliphatic rings. The van der Waals surface area contributed by atoms with E-state index in [2.05, 4.69) is 30.6 Å². The Labute approximate surface area is 122 Å². The predicted octanol–water partition coefficient (Wildman–Crippen LogP) is 5.06. The molecule has 0 bridgehead atoms. The molecule has 0 saturated carbocycles. The topological polar surface area (TPSA) is 12.0 Å². The number of rotatable bonds is 4. The molecule has 1 unspecified atom stereocenters. The van der Waals surface area contributed by atoms with Crippen molar-refractivity contribution < 1.29 is 0 Å². The first-order valence-electron chi connectivity index (χ1n) is 5.86. The highest BCUT2D eigenvalue weighted by molar-refractivity contribution is 7.10. The Hall–Kier alpha value is -0.540. The van der Waals surface area contributed by atoms with Gasteiger partial charge in [-0.3, -0.25) is 0 Å². The Kier molecular flexibility index (Phi) is 4.68. The van der Waals surface area contributed by atoms with Crippen molar-refractivity contribution in [1.29, 1.82) is 0 Å². The first-order chi connectivity index (χ1) is 8.65. The van der Waals surface area contributed by atoms with Gasteiger partial charge in [0.05, 0.1) is 16.1 Å². The van der Waals surface area contributed by atoms with E-state index in [0.29, 0.717) is 10.0 Å². The summed E-state index contributed by atoms with van der Waals surface area (Å²) in [5, 5.41) is 6.82. The summed E-state index contributed by atoms with van der Waals surface area (Å²) < 4.78 is 0. The molecule has 96 valence electrons. The second-order valence-electron chi connectivity index (χ2n) is 4.07. The summed E-state index contributed by atoms with van der Waals surface area (Å²) >= 11 is 14.2. The number of hydrogen-bond acceptors (Lipinski definition) is 2. The van der Waals surface area contributed by atoms with Crippen molar-refractivity contribution in [3.05, 3.63) is 55.7 Å². The maximum Gasteiger partial charge on any atom is 0.0643 e. The van der Waals surface area contributed by atoms with Crippen molar-refractivity contribution >= 4 is 34.5 Å². The fraction of sp³-hybridized carbons (Fsp3) is 0.286. The molecular weight excluding hydrogens is 285 g/mol. The van der Waals surface area contributed by atoms with Gasteiger partial charge in [-0.2, -0.15) is 0 Å². The van der Waals surface area contributed by atoms with Gasteiger partial charge in [0.15, 0.2) is 0 Å². The maximum atomic E-state index is 6.32. The van der Waals surface area contributed by atoms with E-state index in [0.717, 1.165) is 12.1 Å². The molecule has 0 amide bonds. The second kappa shape index (κ2) is 6.07. The molecule has 1 nitrogen and oxygen atoms in total. The third-order valence-corrected chi connectivity index (χ3v) is 4.61. The van der Waals surface area contributed by atoms with Crippen LogP contribution in [0.4, 0.5) is 0 Å². The lowest BCUT2D eigenvalue weighted by molar-refractivity contribution is 0.630. The van der Waals surface area contributed by atoms with Gasteiger partial charge in [-0.25, -0.2) is 0 Å². The first kappa shape index (κ1) is 13.9. The van der Waals surface area contributed by atoms with E-state index in [4.69, 9.17) is 23.2 Å². The molecule has 2 aromatic rings. The molecule has 4 heteroatoms. The van der Waals surface area contributed by atoms with Crippen molar-refractivity contribution in [2.24, 2.45) is 0 Å². The van der Waals surface area contributed by atoms with Crippen LogP contribution in [0.5, 0.6) is 0 Å². The van der Waals surface area contributed by atoms with E-state index in [1.165, 1.54) is 10.4 Å². The summed E-state index contributed by atoms with van der Waals surface area (Å²) in [6.07, 6.45) is 0. The van der Waals surface area contributed by atoms with Gasteiger partial charge in [0.2, 0.25) is 0 Å². The van der Waals surface area contributed by atoms with Crippen LogP contribution in [0.25, 0.3) is 0 Å². The lowest BCUT2D eigenvalue weighted by Gasteiger charge is -2.20. The maximum absolute atomic E-state index is 6.32. The standard InChI is InChI=1S/C14H15Cl2NS/c1-3-17-14(10-7-8-18-9(10)2)11-5-4-6-12(15)13(11)16/h4-8,14,17H,3H2,1-2H3. The Bertz CT molecular complexity index is 536. The van der Waals surface area contributed by atoms with Gasteiger partial charge in [0.1, 0.15) is 0 Å². The van der Waals surface area contributed by atoms with E-state index < -0.39 is 0 Å². The van der Waals surface area contributed by atoms with Crippen LogP contribution in [-0.4, -0.2) is 6.54 Å². The SMILES string of the molecule is CCNC(c1ccsc1C)c1cccc(Cl)c1Cl. The Morgan fingerprint density at radius 2 is 2.00 bits per heavy atom. The highest BCUT2D eigenvalue weighted by Gasteiger charge is 2.19. The molecule has 2 rings (SSSR count). The Morgan fingerprint density at radius 3 is 2.61 bits per heavy atom. The van der Waals surface area contributed by atoms with Crippen LogP contribution in [0.1, 0.15) is 29.0 Å². The summed E-state index contributed by atoms with van der Waals surface area (Å²) in [6.45, 7) is 5.10. The molecule has 1 heterocycles. The molecule has 1 N–H and O–H groups in total. The molecule has 0 radical (unpaired) electrons. The van der Waals surface area contributed by atoms with Crippen LogP contribution in [0.15, 0.2) is 29.6 Å². The van der Waals surface area contributed by atoms with Crippen molar-refractivity contribution in [3.63, 3.8) is 0 Å². The largest absolute Gasteiger partial charge is 0.306 e. The van der Waals surface area contributed by atoms with Gasteiger partial charge in [0.25, 0.3) is 0 Å². The molecule has 1 aromatic heterocycles. The summed E-state index contributed by atoms with van der Waals surface area (Å²) in [6, 6.07) is 8.03. The highest BCUT2D eigenvalue weighted by atomic mass is 35.5. The first-order valence-corrected chi connectivity index (χ1v) is 7.50. The molecule has 1 aromatic carbocycles. The average Bonchev–Trinajstić information content (AvgIpc) is 2.76. The fourth-order valence-corrected chi connectivity index (χ4v) is 3.19. The van der Waals surface area contributed by atoms with Crippen LogP contribution in [-0.2, 0) is 0 Å². The zero-order valence-corrected chi connectivity index (χ0v) is 12.7. The number of benzene rings is 1. The van der Waals surface area contributed by atoms with Gasteiger partial charge in [-0.15, -0.1) is 11.3 Å². The number of aryl methyl sites for hydroxylation is 1. The van der Waals surface area contributed by atoms with E-state index in [1.807, 2.05) is 18.2 Å². The fourth-order valence-electron chi connectivity index (χ4n) is 2.03. The minimum atomic E-state index is 0.104. The number of hydrogen-bond donors (Lipinski definition) is 1. The van der Waals surface area contributed by atoms with Gasteiger partial charge in [-0.05, 0) is 42.1 Å². The van der Waals surface area contributed by atoms with Crippen LogP contribution in [0.2, 0.25) is 10.0 Å². The summed E-state index contributed by atoms with van der Waals surface area (Å²) in [7, 11) is 0. The number of halogens is 2. The Morgan fingerprint density at radius 1 is 1.22 bits per heavy atom. The van der Waals surface area contributed by atoms with Crippen molar-refractivity contribution in [2.75, 3.05) is 6.54 Å². The lowest BCUT2D eigenvalue weighted by atomic mass is 9.99. The van der Waals surface area contributed by atoms with E-state index >= 15 is 0 Å². The molecule has 0 fully saturated rings. The molecule has 0 aliphatic carbocycles. The Balaban J connectivity index is 2.48. The van der Waals surface area contributed by atoms with Crippen molar-refractivity contribution in [2.45, 2.75) is 19.9 Å². The minimum Gasteiger partial charge on any atom is -0.306 e. The van der Waals surface area contributed by atoms with E-state index in [1.54, 1.807) is 11.3 Å². The molecule has 0 spiro atoms. The number of nitrogens with one attached hydrogen (secondary N) is 1. The van der Waals surface area contributed by atoms with Gasteiger partial charge in [-0.1, -0.05) is 42.3 Å². The zero-order valence-electron chi connectivity index (χ0n) is 10.3. The monoisotopic (exact) mass is 299 g/mol. The van der Waals surface area contributed by atoms with Crippen LogP contribution in [0, 0.1) is 6.92 Å². The molecule has 1 atom stereocenters. The third kappa shape index (κ3) is 2.72. The normalized spacial score (nSPS) is 12.7. The lowest BCUT2D eigenvalue weighted by Crippen LogP contribution is -2.22. The van der Waals surface area contributed by atoms with Crippen LogP contribution >= 0.6 is 34.5 Å². The van der Waals surface area contributed by atoms with Gasteiger partial charge in [0, 0.05) is 4.88 Å². The second-order valence-corrected chi connectivity index (χ2v) is 5.97. The highest BCUT2D eigenvalue weighted by Crippen LogP contribution is 2.35.